The molecule has 5 nitrogen and oxygen atoms in total. The number of rotatable bonds is 7. The van der Waals surface area contributed by atoms with Crippen molar-refractivity contribution in [1.82, 2.24) is 10.2 Å². The normalized spacial score (nSPS) is 12.0. The van der Waals surface area contributed by atoms with Gasteiger partial charge in [0.05, 0.1) is 22.5 Å². The van der Waals surface area contributed by atoms with E-state index in [2.05, 4.69) is 5.32 Å². The third kappa shape index (κ3) is 5.62. The van der Waals surface area contributed by atoms with Crippen LogP contribution in [0.1, 0.15) is 36.8 Å². The maximum atomic E-state index is 12.9. The smallest absolute Gasteiger partial charge is 0.312 e. The monoisotopic (exact) mass is 413 g/mol. The molecule has 2 rings (SSSR count). The summed E-state index contributed by atoms with van der Waals surface area (Å²) in [5.41, 5.74) is 6.15. The number of primary amides is 1. The SMILES string of the molecule is CC(C)N(Cc1ccc(Cl)c(Cl)c1)C(=O)CC(NC(N)=O)c1cccs1. The third-order valence-electron chi connectivity index (χ3n) is 3.86. The number of halogens is 2. The molecule has 3 amide bonds. The highest BCUT2D eigenvalue weighted by atomic mass is 35.5. The van der Waals surface area contributed by atoms with Gasteiger partial charge in [-0.1, -0.05) is 35.3 Å². The van der Waals surface area contributed by atoms with Gasteiger partial charge in [-0.05, 0) is 43.0 Å². The molecular formula is C18H21Cl2N3O2S. The van der Waals surface area contributed by atoms with E-state index < -0.39 is 12.1 Å². The van der Waals surface area contributed by atoms with Crippen LogP contribution in [0.25, 0.3) is 0 Å². The number of amides is 3. The molecule has 1 atom stereocenters. The Labute approximate surface area is 167 Å². The van der Waals surface area contributed by atoms with Gasteiger partial charge in [-0.3, -0.25) is 4.79 Å². The summed E-state index contributed by atoms with van der Waals surface area (Å²) in [6, 6.07) is 7.93. The van der Waals surface area contributed by atoms with Crippen LogP contribution in [-0.4, -0.2) is 22.9 Å². The molecular weight excluding hydrogens is 393 g/mol. The second-order valence-electron chi connectivity index (χ2n) is 6.14. The molecule has 0 aliphatic heterocycles. The maximum Gasteiger partial charge on any atom is 0.312 e. The first-order chi connectivity index (χ1) is 12.3. The molecule has 1 aromatic heterocycles. The van der Waals surface area contributed by atoms with Gasteiger partial charge in [0.2, 0.25) is 5.91 Å². The molecule has 3 N–H and O–H groups in total. The highest BCUT2D eigenvalue weighted by Crippen LogP contribution is 2.26. The zero-order valence-corrected chi connectivity index (χ0v) is 16.9. The largest absolute Gasteiger partial charge is 0.352 e. The van der Waals surface area contributed by atoms with Crippen LogP contribution in [0, 0.1) is 0 Å². The number of thiophene rings is 1. The highest BCUT2D eigenvalue weighted by Gasteiger charge is 2.24. The van der Waals surface area contributed by atoms with Gasteiger partial charge in [0.1, 0.15) is 0 Å². The van der Waals surface area contributed by atoms with Gasteiger partial charge >= 0.3 is 6.03 Å². The van der Waals surface area contributed by atoms with Crippen molar-refractivity contribution in [2.24, 2.45) is 5.73 Å². The van der Waals surface area contributed by atoms with Crippen LogP contribution in [0.2, 0.25) is 10.0 Å². The van der Waals surface area contributed by atoms with Crippen LogP contribution in [0.15, 0.2) is 35.7 Å². The first-order valence-electron chi connectivity index (χ1n) is 8.10. The Kier molecular flexibility index (Phi) is 7.32. The summed E-state index contributed by atoms with van der Waals surface area (Å²) in [6.07, 6.45) is 0.128. The molecule has 0 radical (unpaired) electrons. The Bertz CT molecular complexity index is 766. The number of nitrogens with zero attached hydrogens (tertiary/aromatic N) is 1. The molecule has 0 fully saturated rings. The molecule has 2 aromatic rings. The van der Waals surface area contributed by atoms with Crippen LogP contribution >= 0.6 is 34.5 Å². The molecule has 0 aliphatic rings. The second kappa shape index (κ2) is 9.26. The molecule has 0 saturated heterocycles. The minimum absolute atomic E-state index is 0.0190. The molecule has 1 aromatic carbocycles. The van der Waals surface area contributed by atoms with Crippen molar-refractivity contribution < 1.29 is 9.59 Å². The molecule has 1 heterocycles. The van der Waals surface area contributed by atoms with E-state index in [1.54, 1.807) is 17.0 Å². The van der Waals surface area contributed by atoms with Gasteiger partial charge in [0.25, 0.3) is 0 Å². The van der Waals surface area contributed by atoms with Crippen LogP contribution in [0.3, 0.4) is 0 Å². The van der Waals surface area contributed by atoms with Crippen molar-refractivity contribution in [2.45, 2.75) is 38.9 Å². The highest BCUT2D eigenvalue weighted by molar-refractivity contribution is 7.10. The summed E-state index contributed by atoms with van der Waals surface area (Å²) in [6.45, 7) is 4.29. The molecule has 0 saturated carbocycles. The van der Waals surface area contributed by atoms with Gasteiger partial charge in [-0.2, -0.15) is 0 Å². The third-order valence-corrected chi connectivity index (χ3v) is 5.59. The number of carbonyl (C=O) groups is 2. The van der Waals surface area contributed by atoms with E-state index >= 15 is 0 Å². The van der Waals surface area contributed by atoms with E-state index in [4.69, 9.17) is 28.9 Å². The van der Waals surface area contributed by atoms with Gasteiger partial charge in [0.15, 0.2) is 0 Å². The number of hydrogen-bond donors (Lipinski definition) is 2. The summed E-state index contributed by atoms with van der Waals surface area (Å²) < 4.78 is 0. The lowest BCUT2D eigenvalue weighted by Crippen LogP contribution is -2.40. The molecule has 0 aliphatic carbocycles. The number of urea groups is 1. The molecule has 1 unspecified atom stereocenters. The fraction of sp³-hybridized carbons (Fsp3) is 0.333. The maximum absolute atomic E-state index is 12.9. The Morgan fingerprint density at radius 1 is 1.23 bits per heavy atom. The standard InChI is InChI=1S/C18H21Cl2N3O2S/c1-11(2)23(10-12-5-6-13(19)14(20)8-12)17(24)9-15(22-18(21)25)16-4-3-7-26-16/h3-8,11,15H,9-10H2,1-2H3,(H3,21,22,25). The van der Waals surface area contributed by atoms with Crippen molar-refractivity contribution in [3.8, 4) is 0 Å². The summed E-state index contributed by atoms with van der Waals surface area (Å²) in [4.78, 5) is 26.8. The van der Waals surface area contributed by atoms with E-state index in [9.17, 15) is 9.59 Å². The number of benzene rings is 1. The molecule has 8 heteroatoms. The van der Waals surface area contributed by atoms with Crippen molar-refractivity contribution in [3.05, 3.63) is 56.2 Å². The minimum Gasteiger partial charge on any atom is -0.352 e. The first-order valence-corrected chi connectivity index (χ1v) is 9.74. The lowest BCUT2D eigenvalue weighted by Gasteiger charge is -2.29. The second-order valence-corrected chi connectivity index (χ2v) is 7.94. The summed E-state index contributed by atoms with van der Waals surface area (Å²) in [7, 11) is 0. The van der Waals surface area contributed by atoms with Crippen LogP contribution < -0.4 is 11.1 Å². The van der Waals surface area contributed by atoms with E-state index in [1.165, 1.54) is 11.3 Å². The van der Waals surface area contributed by atoms with Crippen LogP contribution in [0.4, 0.5) is 4.79 Å². The summed E-state index contributed by atoms with van der Waals surface area (Å²) >= 11 is 13.5. The van der Waals surface area contributed by atoms with Gasteiger partial charge in [0, 0.05) is 17.5 Å². The molecule has 140 valence electrons. The zero-order chi connectivity index (χ0) is 19.3. The van der Waals surface area contributed by atoms with Crippen LogP contribution in [-0.2, 0) is 11.3 Å². The summed E-state index contributed by atoms with van der Waals surface area (Å²) in [5, 5.41) is 5.47. The minimum atomic E-state index is -0.656. The number of nitrogens with one attached hydrogen (secondary N) is 1. The average Bonchev–Trinajstić information content (AvgIpc) is 3.08. The average molecular weight is 414 g/mol. The Balaban J connectivity index is 2.15. The summed E-state index contributed by atoms with van der Waals surface area (Å²) in [5.74, 6) is -0.0850. The predicted molar refractivity (Wildman–Crippen MR) is 107 cm³/mol. The molecule has 26 heavy (non-hydrogen) atoms. The van der Waals surface area contributed by atoms with E-state index in [-0.39, 0.29) is 18.4 Å². The van der Waals surface area contributed by atoms with Gasteiger partial charge in [-0.25, -0.2) is 4.79 Å². The van der Waals surface area contributed by atoms with Crippen molar-refractivity contribution >= 4 is 46.5 Å². The Morgan fingerprint density at radius 3 is 2.50 bits per heavy atom. The lowest BCUT2D eigenvalue weighted by molar-refractivity contribution is -0.134. The van der Waals surface area contributed by atoms with Crippen molar-refractivity contribution in [2.75, 3.05) is 0 Å². The Morgan fingerprint density at radius 2 is 1.96 bits per heavy atom. The lowest BCUT2D eigenvalue weighted by atomic mass is 10.1. The Hall–Kier alpha value is -1.76. The van der Waals surface area contributed by atoms with E-state index in [0.29, 0.717) is 16.6 Å². The van der Waals surface area contributed by atoms with Gasteiger partial charge < -0.3 is 16.0 Å². The zero-order valence-electron chi connectivity index (χ0n) is 14.5. The molecule has 0 spiro atoms. The topological polar surface area (TPSA) is 75.4 Å². The predicted octanol–water partition coefficient (Wildman–Crippen LogP) is 4.59. The van der Waals surface area contributed by atoms with Crippen molar-refractivity contribution in [3.63, 3.8) is 0 Å². The van der Waals surface area contributed by atoms with Crippen LogP contribution in [0.5, 0.6) is 0 Å². The first kappa shape index (κ1) is 20.6. The fourth-order valence-electron chi connectivity index (χ4n) is 2.57. The number of hydrogen-bond acceptors (Lipinski definition) is 3. The van der Waals surface area contributed by atoms with E-state index in [1.807, 2.05) is 37.4 Å². The fourth-order valence-corrected chi connectivity index (χ4v) is 3.67. The quantitative estimate of drug-likeness (QED) is 0.695. The van der Waals surface area contributed by atoms with E-state index in [0.717, 1.165) is 10.4 Å². The molecule has 0 bridgehead atoms. The van der Waals surface area contributed by atoms with Crippen molar-refractivity contribution in [1.29, 1.82) is 0 Å². The van der Waals surface area contributed by atoms with Gasteiger partial charge in [-0.15, -0.1) is 11.3 Å². The number of nitrogens with two attached hydrogens (primary N) is 1. The number of carbonyl (C=O) groups excluding carboxylic acids is 2.